The number of piperidine rings is 1. The fourth-order valence-corrected chi connectivity index (χ4v) is 6.15. The molecule has 1 saturated heterocycles. The van der Waals surface area contributed by atoms with Gasteiger partial charge in [-0.15, -0.1) is 0 Å². The highest BCUT2D eigenvalue weighted by Crippen LogP contribution is 2.49. The van der Waals surface area contributed by atoms with Gasteiger partial charge < -0.3 is 24.7 Å². The van der Waals surface area contributed by atoms with E-state index in [9.17, 15) is 15.0 Å². The molecular formula is C22H28N2O5. The van der Waals surface area contributed by atoms with Crippen molar-refractivity contribution in [2.24, 2.45) is 17.8 Å². The number of ether oxygens (including phenoxy) is 2. The Bertz CT molecular complexity index is 941. The Morgan fingerprint density at radius 1 is 1.28 bits per heavy atom. The third-order valence-electron chi connectivity index (χ3n) is 7.44. The number of aromatic amines is 1. The second-order valence-electron chi connectivity index (χ2n) is 8.72. The molecule has 1 aliphatic carbocycles. The molecule has 3 N–H and O–H groups in total. The number of hydrogen-bond acceptors (Lipinski definition) is 5. The molecule has 0 amide bonds. The summed E-state index contributed by atoms with van der Waals surface area (Å²) in [6.45, 7) is 1.78. The quantitative estimate of drug-likeness (QED) is 0.731. The maximum absolute atomic E-state index is 12.1. The molecule has 1 saturated carbocycles. The number of fused-ring (bicyclic) bond motifs is 6. The molecule has 0 radical (unpaired) electrons. The average Bonchev–Trinajstić information content (AvgIpc) is 3.09. The molecule has 0 bridgehead atoms. The molecule has 156 valence electrons. The summed E-state index contributed by atoms with van der Waals surface area (Å²) in [5.41, 5.74) is 3.62. The Labute approximate surface area is 169 Å². The van der Waals surface area contributed by atoms with E-state index in [4.69, 9.17) is 9.47 Å². The van der Waals surface area contributed by atoms with E-state index in [0.29, 0.717) is 6.42 Å². The van der Waals surface area contributed by atoms with Crippen LogP contribution in [0.3, 0.4) is 0 Å². The van der Waals surface area contributed by atoms with E-state index < -0.39 is 24.1 Å². The lowest BCUT2D eigenvalue weighted by Gasteiger charge is -2.52. The fraction of sp³-hybridized carbons (Fsp3) is 0.591. The van der Waals surface area contributed by atoms with E-state index in [0.717, 1.165) is 37.2 Å². The number of carboxylic acid groups (broad SMARTS) is 1. The zero-order valence-corrected chi connectivity index (χ0v) is 16.8. The van der Waals surface area contributed by atoms with Crippen LogP contribution in [-0.2, 0) is 16.0 Å². The molecular weight excluding hydrogens is 372 g/mol. The minimum atomic E-state index is -0.864. The van der Waals surface area contributed by atoms with Crippen LogP contribution in [0.25, 0.3) is 10.9 Å². The summed E-state index contributed by atoms with van der Waals surface area (Å²) in [4.78, 5) is 18.2. The first-order valence-corrected chi connectivity index (χ1v) is 10.4. The Hall–Kier alpha value is -2.09. The number of nitrogens with zero attached hydrogens (tertiary/aromatic N) is 1. The van der Waals surface area contributed by atoms with Crippen molar-refractivity contribution >= 4 is 16.9 Å². The molecule has 7 heteroatoms. The van der Waals surface area contributed by atoms with Crippen molar-refractivity contribution < 1.29 is 24.5 Å². The summed E-state index contributed by atoms with van der Waals surface area (Å²) in [6, 6.07) is 6.31. The number of H-pyrrole nitrogens is 1. The molecule has 6 atom stereocenters. The van der Waals surface area contributed by atoms with Gasteiger partial charge in [0, 0.05) is 42.9 Å². The van der Waals surface area contributed by atoms with Crippen LogP contribution >= 0.6 is 0 Å². The standard InChI is InChI=1S/C22H28N2O5/c1-28-12-3-4-13-14-5-6-24-10-11-7-18(25)21(29-2)19(22(26)27)15(11)9-17(24)20(14)23-16(13)8-12/h3-4,8,11,15,17-19,21,23,25H,5-7,9-10H2,1-2H3,(H,26,27)/t11-,15?,17-,18-,19+,21+/m1/s1. The lowest BCUT2D eigenvalue weighted by atomic mass is 9.64. The monoisotopic (exact) mass is 400 g/mol. The van der Waals surface area contributed by atoms with Gasteiger partial charge in [-0.05, 0) is 48.8 Å². The van der Waals surface area contributed by atoms with Crippen molar-refractivity contribution in [3.8, 4) is 5.75 Å². The van der Waals surface area contributed by atoms with E-state index in [-0.39, 0.29) is 17.9 Å². The van der Waals surface area contributed by atoms with Crippen LogP contribution < -0.4 is 4.74 Å². The number of methoxy groups -OCH3 is 2. The Kier molecular flexibility index (Phi) is 4.57. The largest absolute Gasteiger partial charge is 0.497 e. The minimum absolute atomic E-state index is 0.00556. The third-order valence-corrected chi connectivity index (χ3v) is 7.44. The summed E-state index contributed by atoms with van der Waals surface area (Å²) in [5, 5.41) is 21.7. The van der Waals surface area contributed by atoms with Crippen molar-refractivity contribution in [2.45, 2.75) is 37.5 Å². The predicted molar refractivity (Wildman–Crippen MR) is 107 cm³/mol. The van der Waals surface area contributed by atoms with E-state index in [1.807, 2.05) is 12.1 Å². The number of aliphatic hydroxyl groups is 1. The number of hydrogen-bond donors (Lipinski definition) is 3. The van der Waals surface area contributed by atoms with E-state index in [1.54, 1.807) is 7.11 Å². The highest BCUT2D eigenvalue weighted by atomic mass is 16.5. The fourth-order valence-electron chi connectivity index (χ4n) is 6.15. The molecule has 3 aliphatic rings. The van der Waals surface area contributed by atoms with Gasteiger partial charge in [0.2, 0.25) is 0 Å². The van der Waals surface area contributed by atoms with Crippen molar-refractivity contribution in [3.63, 3.8) is 0 Å². The van der Waals surface area contributed by atoms with Gasteiger partial charge in [-0.25, -0.2) is 0 Å². The zero-order valence-electron chi connectivity index (χ0n) is 16.8. The summed E-state index contributed by atoms with van der Waals surface area (Å²) in [7, 11) is 3.17. The molecule has 3 heterocycles. The van der Waals surface area contributed by atoms with Crippen LogP contribution in [0.4, 0.5) is 0 Å². The third kappa shape index (κ3) is 2.86. The number of aromatic nitrogens is 1. The van der Waals surface area contributed by atoms with Gasteiger partial charge in [-0.3, -0.25) is 9.69 Å². The van der Waals surface area contributed by atoms with Crippen LogP contribution in [0.15, 0.2) is 18.2 Å². The number of aliphatic hydroxyl groups excluding tert-OH is 1. The minimum Gasteiger partial charge on any atom is -0.497 e. The average molecular weight is 400 g/mol. The van der Waals surface area contributed by atoms with Crippen LogP contribution in [0.2, 0.25) is 0 Å². The van der Waals surface area contributed by atoms with E-state index in [2.05, 4.69) is 16.0 Å². The van der Waals surface area contributed by atoms with Crippen LogP contribution in [0, 0.1) is 17.8 Å². The predicted octanol–water partition coefficient (Wildman–Crippen LogP) is 2.19. The molecule has 2 fully saturated rings. The molecule has 1 aromatic carbocycles. The molecule has 0 spiro atoms. The van der Waals surface area contributed by atoms with Crippen LogP contribution in [0.5, 0.6) is 5.75 Å². The number of nitrogens with one attached hydrogen (secondary N) is 1. The lowest BCUT2D eigenvalue weighted by molar-refractivity contribution is -0.172. The molecule has 7 nitrogen and oxygen atoms in total. The highest BCUT2D eigenvalue weighted by Gasteiger charge is 2.52. The lowest BCUT2D eigenvalue weighted by Crippen LogP contribution is -2.57. The topological polar surface area (TPSA) is 95.0 Å². The van der Waals surface area contributed by atoms with E-state index in [1.165, 1.54) is 23.8 Å². The van der Waals surface area contributed by atoms with Crippen LogP contribution in [0.1, 0.15) is 30.1 Å². The molecule has 2 aromatic rings. The molecule has 29 heavy (non-hydrogen) atoms. The molecule has 1 aromatic heterocycles. The van der Waals surface area contributed by atoms with Gasteiger partial charge in [0.1, 0.15) is 5.75 Å². The highest BCUT2D eigenvalue weighted by molar-refractivity contribution is 5.86. The van der Waals surface area contributed by atoms with Gasteiger partial charge in [-0.2, -0.15) is 0 Å². The van der Waals surface area contributed by atoms with Gasteiger partial charge in [0.25, 0.3) is 0 Å². The number of benzene rings is 1. The van der Waals surface area contributed by atoms with Crippen molar-refractivity contribution in [1.29, 1.82) is 0 Å². The summed E-state index contributed by atoms with van der Waals surface area (Å²) >= 11 is 0. The zero-order chi connectivity index (χ0) is 20.3. The number of carboxylic acids is 1. The number of aliphatic carboxylic acids is 1. The van der Waals surface area contributed by atoms with Gasteiger partial charge in [0.05, 0.1) is 31.3 Å². The van der Waals surface area contributed by atoms with Gasteiger partial charge in [0.15, 0.2) is 0 Å². The molecule has 5 rings (SSSR count). The Morgan fingerprint density at radius 2 is 2.10 bits per heavy atom. The molecule has 1 unspecified atom stereocenters. The maximum atomic E-state index is 12.1. The maximum Gasteiger partial charge on any atom is 0.309 e. The van der Waals surface area contributed by atoms with Crippen molar-refractivity contribution in [1.82, 2.24) is 9.88 Å². The number of carbonyl (C=O) groups is 1. The first kappa shape index (κ1) is 18.9. The van der Waals surface area contributed by atoms with E-state index >= 15 is 0 Å². The summed E-state index contributed by atoms with van der Waals surface area (Å²) in [6.07, 6.45) is 0.981. The van der Waals surface area contributed by atoms with Crippen molar-refractivity contribution in [2.75, 3.05) is 27.3 Å². The van der Waals surface area contributed by atoms with Crippen molar-refractivity contribution in [3.05, 3.63) is 29.5 Å². The second kappa shape index (κ2) is 7.00. The van der Waals surface area contributed by atoms with Gasteiger partial charge >= 0.3 is 5.97 Å². The normalized spacial score (nSPS) is 34.3. The first-order valence-electron chi connectivity index (χ1n) is 10.4. The summed E-state index contributed by atoms with van der Waals surface area (Å²) in [5.74, 6) is -0.539. The SMILES string of the molecule is COc1ccc2c3c([nH]c2c1)[C@H]1CC2[C@H](C[C@@H](O)[C@H](OC)[C@H]2C(=O)O)CN1CC3. The number of rotatable bonds is 3. The Balaban J connectivity index is 1.52. The van der Waals surface area contributed by atoms with Gasteiger partial charge in [-0.1, -0.05) is 0 Å². The second-order valence-corrected chi connectivity index (χ2v) is 8.72. The summed E-state index contributed by atoms with van der Waals surface area (Å²) < 4.78 is 10.8. The molecule has 2 aliphatic heterocycles. The first-order chi connectivity index (χ1) is 14.0. The Morgan fingerprint density at radius 3 is 2.83 bits per heavy atom. The van der Waals surface area contributed by atoms with Crippen LogP contribution in [-0.4, -0.2) is 65.6 Å². The smallest absolute Gasteiger partial charge is 0.309 e.